The first-order chi connectivity index (χ1) is 16.9. The number of benzene rings is 1. The highest BCUT2D eigenvalue weighted by atomic mass is 16.5. The molecule has 1 saturated heterocycles. The van der Waals surface area contributed by atoms with Gasteiger partial charge in [-0.3, -0.25) is 14.5 Å². The summed E-state index contributed by atoms with van der Waals surface area (Å²) in [6.07, 6.45) is 5.98. The van der Waals surface area contributed by atoms with E-state index in [0.717, 1.165) is 63.1 Å². The molecule has 3 aliphatic rings. The van der Waals surface area contributed by atoms with Crippen LogP contribution in [-0.4, -0.2) is 73.4 Å². The smallest absolute Gasteiger partial charge is 0.355 e. The predicted molar refractivity (Wildman–Crippen MR) is 132 cm³/mol. The maximum Gasteiger partial charge on any atom is 0.355 e. The van der Waals surface area contributed by atoms with Gasteiger partial charge in [0.2, 0.25) is 5.91 Å². The second kappa shape index (κ2) is 11.3. The minimum Gasteiger partial charge on any atom is -0.451 e. The van der Waals surface area contributed by atoms with Gasteiger partial charge in [0.05, 0.1) is 18.9 Å². The number of esters is 1. The van der Waals surface area contributed by atoms with Crippen molar-refractivity contribution in [3.63, 3.8) is 0 Å². The fourth-order valence-electron chi connectivity index (χ4n) is 5.22. The van der Waals surface area contributed by atoms with Crippen LogP contribution in [0.1, 0.15) is 56.1 Å². The van der Waals surface area contributed by atoms with Crippen LogP contribution in [0.4, 0.5) is 5.69 Å². The van der Waals surface area contributed by atoms with Crippen molar-refractivity contribution in [2.75, 3.05) is 44.5 Å². The van der Waals surface area contributed by atoms with E-state index < -0.39 is 5.97 Å². The lowest BCUT2D eigenvalue weighted by molar-refractivity contribution is -0.142. The quantitative estimate of drug-likeness (QED) is 0.597. The number of hydrogen-bond acceptors (Lipinski definition) is 7. The van der Waals surface area contributed by atoms with Crippen molar-refractivity contribution >= 4 is 29.2 Å². The average Bonchev–Trinajstić information content (AvgIpc) is 2.89. The molecule has 2 aliphatic heterocycles. The minimum absolute atomic E-state index is 0.0539. The molecule has 4 rings (SSSR count). The van der Waals surface area contributed by atoms with E-state index in [1.807, 2.05) is 32.0 Å². The van der Waals surface area contributed by atoms with Gasteiger partial charge in [-0.1, -0.05) is 31.4 Å². The van der Waals surface area contributed by atoms with Crippen LogP contribution in [0.2, 0.25) is 0 Å². The van der Waals surface area contributed by atoms with Crippen LogP contribution in [0.3, 0.4) is 0 Å². The molecule has 1 saturated carbocycles. The van der Waals surface area contributed by atoms with E-state index in [9.17, 15) is 14.4 Å². The summed E-state index contributed by atoms with van der Waals surface area (Å²) in [6.45, 7) is 7.19. The summed E-state index contributed by atoms with van der Waals surface area (Å²) in [4.78, 5) is 40.2. The van der Waals surface area contributed by atoms with Gasteiger partial charge < -0.3 is 14.8 Å². The Bertz CT molecular complexity index is 980. The van der Waals surface area contributed by atoms with Crippen molar-refractivity contribution in [2.45, 2.75) is 64.3 Å². The number of ether oxygens (including phenoxy) is 2. The van der Waals surface area contributed by atoms with Crippen LogP contribution in [0.25, 0.3) is 0 Å². The highest BCUT2D eigenvalue weighted by Crippen LogP contribution is 2.34. The van der Waals surface area contributed by atoms with E-state index in [1.54, 1.807) is 0 Å². The molecule has 1 aliphatic carbocycles. The molecule has 1 aromatic carbocycles. The summed E-state index contributed by atoms with van der Waals surface area (Å²) < 4.78 is 10.8. The van der Waals surface area contributed by atoms with Crippen LogP contribution in [0.15, 0.2) is 23.3 Å². The SMILES string of the molecule is Cc1ccc(C)c(N2N=C(C(=O)OCC(=O)NCC3(N4CCOCC4)CCCCC3)CCC2=O)c1. The lowest BCUT2D eigenvalue weighted by atomic mass is 9.79. The van der Waals surface area contributed by atoms with E-state index >= 15 is 0 Å². The minimum atomic E-state index is -0.663. The number of morpholine rings is 1. The van der Waals surface area contributed by atoms with Crippen molar-refractivity contribution < 1.29 is 23.9 Å². The van der Waals surface area contributed by atoms with Crippen LogP contribution in [0.5, 0.6) is 0 Å². The van der Waals surface area contributed by atoms with E-state index in [1.165, 1.54) is 11.4 Å². The van der Waals surface area contributed by atoms with Crippen LogP contribution >= 0.6 is 0 Å². The second-order valence-corrected chi connectivity index (χ2v) is 9.78. The number of nitrogens with zero attached hydrogens (tertiary/aromatic N) is 3. The van der Waals surface area contributed by atoms with Crippen molar-refractivity contribution in [2.24, 2.45) is 5.10 Å². The van der Waals surface area contributed by atoms with E-state index in [0.29, 0.717) is 12.2 Å². The summed E-state index contributed by atoms with van der Waals surface area (Å²) >= 11 is 0. The number of aryl methyl sites for hydroxylation is 2. The Hall–Kier alpha value is -2.78. The standard InChI is InChI=1S/C26H36N4O5/c1-19-6-7-20(2)22(16-19)30-24(32)9-8-21(28-30)25(33)35-17-23(31)27-18-26(10-4-3-5-11-26)29-12-14-34-15-13-29/h6-7,16H,3-5,8-15,17-18H2,1-2H3,(H,27,31). The zero-order valence-corrected chi connectivity index (χ0v) is 20.8. The third-order valence-corrected chi connectivity index (χ3v) is 7.28. The first-order valence-electron chi connectivity index (χ1n) is 12.6. The Morgan fingerprint density at radius 3 is 2.60 bits per heavy atom. The van der Waals surface area contributed by atoms with Gasteiger partial charge >= 0.3 is 5.97 Å². The van der Waals surface area contributed by atoms with Crippen LogP contribution < -0.4 is 10.3 Å². The topological polar surface area (TPSA) is 101 Å². The number of anilines is 1. The third-order valence-electron chi connectivity index (χ3n) is 7.28. The zero-order valence-electron chi connectivity index (χ0n) is 20.8. The highest BCUT2D eigenvalue weighted by molar-refractivity contribution is 6.38. The molecule has 2 heterocycles. The van der Waals surface area contributed by atoms with E-state index in [-0.39, 0.29) is 42.5 Å². The monoisotopic (exact) mass is 484 g/mol. The molecule has 0 bridgehead atoms. The first-order valence-corrected chi connectivity index (χ1v) is 12.6. The molecule has 0 spiro atoms. The fourth-order valence-corrected chi connectivity index (χ4v) is 5.22. The molecular weight excluding hydrogens is 448 g/mol. The van der Waals surface area contributed by atoms with Gasteiger partial charge in [0.1, 0.15) is 5.71 Å². The molecule has 9 nitrogen and oxygen atoms in total. The van der Waals surface area contributed by atoms with Crippen molar-refractivity contribution in [3.05, 3.63) is 29.3 Å². The summed E-state index contributed by atoms with van der Waals surface area (Å²) in [5.41, 5.74) is 2.63. The molecule has 2 amide bonds. The van der Waals surface area contributed by atoms with Crippen molar-refractivity contribution in [1.29, 1.82) is 0 Å². The molecule has 0 unspecified atom stereocenters. The van der Waals surface area contributed by atoms with Gasteiger partial charge in [-0.25, -0.2) is 4.79 Å². The number of nitrogens with one attached hydrogen (secondary N) is 1. The van der Waals surface area contributed by atoms with Gasteiger partial charge in [-0.15, -0.1) is 0 Å². The summed E-state index contributed by atoms with van der Waals surface area (Å²) in [5, 5.41) is 8.56. The Morgan fingerprint density at radius 2 is 1.86 bits per heavy atom. The van der Waals surface area contributed by atoms with Gasteiger partial charge in [0.15, 0.2) is 6.61 Å². The molecule has 0 aromatic heterocycles. The third kappa shape index (κ3) is 6.08. The van der Waals surface area contributed by atoms with Crippen molar-refractivity contribution in [3.8, 4) is 0 Å². The van der Waals surface area contributed by atoms with Gasteiger partial charge in [0.25, 0.3) is 5.91 Å². The Labute approximate surface area is 206 Å². The van der Waals surface area contributed by atoms with E-state index in [2.05, 4.69) is 15.3 Å². The Morgan fingerprint density at radius 1 is 1.11 bits per heavy atom. The molecule has 35 heavy (non-hydrogen) atoms. The highest BCUT2D eigenvalue weighted by Gasteiger charge is 2.39. The summed E-state index contributed by atoms with van der Waals surface area (Å²) in [7, 11) is 0. The predicted octanol–water partition coefficient (Wildman–Crippen LogP) is 2.48. The molecule has 190 valence electrons. The number of rotatable bonds is 7. The Kier molecular flexibility index (Phi) is 8.18. The van der Waals surface area contributed by atoms with Gasteiger partial charge in [0, 0.05) is 38.0 Å². The van der Waals surface area contributed by atoms with Crippen molar-refractivity contribution in [1.82, 2.24) is 10.2 Å². The zero-order chi connectivity index (χ0) is 24.8. The number of carbonyl (C=O) groups is 3. The largest absolute Gasteiger partial charge is 0.451 e. The lowest BCUT2D eigenvalue weighted by Gasteiger charge is -2.48. The molecule has 0 atom stereocenters. The first kappa shape index (κ1) is 25.3. The maximum absolute atomic E-state index is 12.7. The van der Waals surface area contributed by atoms with Crippen LogP contribution in [0, 0.1) is 13.8 Å². The fraction of sp³-hybridized carbons (Fsp3) is 0.615. The number of hydrogen-bond donors (Lipinski definition) is 1. The summed E-state index contributed by atoms with van der Waals surface area (Å²) in [6, 6.07) is 5.75. The molecule has 1 N–H and O–H groups in total. The summed E-state index contributed by atoms with van der Waals surface area (Å²) in [5.74, 6) is -1.16. The molecular formula is C26H36N4O5. The van der Waals surface area contributed by atoms with Gasteiger partial charge in [-0.05, 0) is 43.9 Å². The molecule has 1 aromatic rings. The molecule has 0 radical (unpaired) electrons. The molecule has 2 fully saturated rings. The van der Waals surface area contributed by atoms with Crippen LogP contribution in [-0.2, 0) is 23.9 Å². The van der Waals surface area contributed by atoms with Gasteiger partial charge in [-0.2, -0.15) is 10.1 Å². The lowest BCUT2D eigenvalue weighted by Crippen LogP contribution is -2.59. The number of amides is 2. The molecule has 9 heteroatoms. The second-order valence-electron chi connectivity index (χ2n) is 9.78. The van der Waals surface area contributed by atoms with E-state index in [4.69, 9.17) is 9.47 Å². The number of carbonyl (C=O) groups excluding carboxylic acids is 3. The maximum atomic E-state index is 12.7. The average molecular weight is 485 g/mol. The number of hydrazone groups is 1. The Balaban J connectivity index is 1.34. The normalized spacial score (nSPS) is 20.8.